The number of amides is 3. The Hall–Kier alpha value is -2.89. The molecule has 1 aliphatic rings. The molecule has 0 spiro atoms. The van der Waals surface area contributed by atoms with E-state index in [-0.39, 0.29) is 11.8 Å². The fraction of sp³-hybridized carbons (Fsp3) is 0.333. The topological polar surface area (TPSA) is 61.4 Å². The van der Waals surface area contributed by atoms with E-state index < -0.39 is 17.9 Å². The van der Waals surface area contributed by atoms with Gasteiger partial charge in [-0.1, -0.05) is 38.1 Å². The number of urea groups is 1. The van der Waals surface area contributed by atoms with Crippen LogP contribution in [-0.4, -0.2) is 24.5 Å². The number of anilines is 2. The Balaban J connectivity index is 1.71. The van der Waals surface area contributed by atoms with E-state index in [2.05, 4.69) is 10.6 Å². The van der Waals surface area contributed by atoms with E-state index in [0.717, 1.165) is 17.7 Å². The predicted molar refractivity (Wildman–Crippen MR) is 104 cm³/mol. The van der Waals surface area contributed by atoms with Gasteiger partial charge in [0.2, 0.25) is 5.91 Å². The number of para-hydroxylation sites is 1. The molecule has 0 unspecified atom stereocenters. The molecule has 142 valence electrons. The second-order valence-corrected chi connectivity index (χ2v) is 7.15. The Labute approximate surface area is 158 Å². The molecule has 3 rings (SSSR count). The smallest absolute Gasteiger partial charge is 0.319 e. The van der Waals surface area contributed by atoms with Crippen molar-refractivity contribution in [3.8, 4) is 0 Å². The van der Waals surface area contributed by atoms with Crippen LogP contribution in [0.2, 0.25) is 0 Å². The Morgan fingerprint density at radius 3 is 2.59 bits per heavy atom. The first-order valence-corrected chi connectivity index (χ1v) is 9.09. The lowest BCUT2D eigenvalue weighted by atomic mass is 10.0. The summed E-state index contributed by atoms with van der Waals surface area (Å²) in [7, 11) is 0. The lowest BCUT2D eigenvalue weighted by Gasteiger charge is -2.27. The first kappa shape index (κ1) is 18.9. The maximum Gasteiger partial charge on any atom is 0.319 e. The van der Waals surface area contributed by atoms with Crippen molar-refractivity contribution >= 4 is 23.3 Å². The van der Waals surface area contributed by atoms with Crippen molar-refractivity contribution in [1.82, 2.24) is 5.32 Å². The summed E-state index contributed by atoms with van der Waals surface area (Å²) in [5.74, 6) is -0.621. The fourth-order valence-electron chi connectivity index (χ4n) is 3.23. The van der Waals surface area contributed by atoms with E-state index in [4.69, 9.17) is 0 Å². The van der Waals surface area contributed by atoms with Crippen molar-refractivity contribution in [2.45, 2.75) is 33.2 Å². The third-order valence-electron chi connectivity index (χ3n) is 4.80. The number of rotatable bonds is 4. The molecule has 1 atom stereocenters. The summed E-state index contributed by atoms with van der Waals surface area (Å²) in [5.41, 5.74) is 2.88. The highest BCUT2D eigenvalue weighted by Gasteiger charge is 2.32. The summed E-state index contributed by atoms with van der Waals surface area (Å²) < 4.78 is 13.7. The number of benzene rings is 2. The molecule has 27 heavy (non-hydrogen) atoms. The van der Waals surface area contributed by atoms with Crippen molar-refractivity contribution in [1.29, 1.82) is 0 Å². The van der Waals surface area contributed by atoms with Crippen LogP contribution in [0.4, 0.5) is 20.6 Å². The van der Waals surface area contributed by atoms with Crippen LogP contribution >= 0.6 is 0 Å². The molecule has 0 aliphatic carbocycles. The summed E-state index contributed by atoms with van der Waals surface area (Å²) in [6, 6.07) is 11.1. The van der Waals surface area contributed by atoms with Gasteiger partial charge in [0, 0.05) is 17.9 Å². The average Bonchev–Trinajstić information content (AvgIpc) is 3.06. The van der Waals surface area contributed by atoms with E-state index in [1.807, 2.05) is 38.1 Å². The highest BCUT2D eigenvalue weighted by Crippen LogP contribution is 2.28. The number of hydrogen-bond donors (Lipinski definition) is 2. The minimum atomic E-state index is -0.675. The maximum absolute atomic E-state index is 13.7. The molecule has 0 saturated carbocycles. The average molecular weight is 369 g/mol. The highest BCUT2D eigenvalue weighted by atomic mass is 19.1. The molecule has 2 aromatic rings. The zero-order valence-electron chi connectivity index (χ0n) is 15.8. The number of fused-ring (bicyclic) bond motifs is 1. The van der Waals surface area contributed by atoms with Crippen molar-refractivity contribution in [3.05, 3.63) is 59.4 Å². The fourth-order valence-corrected chi connectivity index (χ4v) is 3.23. The van der Waals surface area contributed by atoms with Gasteiger partial charge >= 0.3 is 6.03 Å². The van der Waals surface area contributed by atoms with Gasteiger partial charge in [-0.15, -0.1) is 0 Å². The van der Waals surface area contributed by atoms with E-state index in [9.17, 15) is 14.0 Å². The van der Waals surface area contributed by atoms with Gasteiger partial charge in [-0.05, 0) is 48.6 Å². The first-order valence-electron chi connectivity index (χ1n) is 9.09. The Morgan fingerprint density at radius 1 is 1.15 bits per heavy atom. The summed E-state index contributed by atoms with van der Waals surface area (Å²) >= 11 is 0. The van der Waals surface area contributed by atoms with Gasteiger partial charge < -0.3 is 15.5 Å². The Bertz CT molecular complexity index is 866. The lowest BCUT2D eigenvalue weighted by Crippen LogP contribution is -2.52. The molecule has 5 nitrogen and oxygen atoms in total. The van der Waals surface area contributed by atoms with Crippen molar-refractivity contribution in [2.24, 2.45) is 5.92 Å². The number of nitrogens with one attached hydrogen (secondary N) is 2. The quantitative estimate of drug-likeness (QED) is 0.859. The molecule has 2 N–H and O–H groups in total. The molecule has 0 bridgehead atoms. The van der Waals surface area contributed by atoms with Gasteiger partial charge in [0.25, 0.3) is 0 Å². The molecule has 0 fully saturated rings. The van der Waals surface area contributed by atoms with Gasteiger partial charge in [-0.25, -0.2) is 9.18 Å². The van der Waals surface area contributed by atoms with Gasteiger partial charge in [0.05, 0.1) is 0 Å². The summed E-state index contributed by atoms with van der Waals surface area (Å²) in [4.78, 5) is 27.2. The van der Waals surface area contributed by atoms with Crippen LogP contribution in [-0.2, 0) is 11.2 Å². The van der Waals surface area contributed by atoms with Crippen LogP contribution in [0.5, 0.6) is 0 Å². The zero-order valence-corrected chi connectivity index (χ0v) is 15.8. The van der Waals surface area contributed by atoms with Gasteiger partial charge in [-0.2, -0.15) is 0 Å². The largest absolute Gasteiger partial charge is 0.326 e. The van der Waals surface area contributed by atoms with Crippen LogP contribution in [0.1, 0.15) is 25.0 Å². The molecule has 2 aromatic carbocycles. The Morgan fingerprint density at radius 2 is 1.89 bits per heavy atom. The summed E-state index contributed by atoms with van der Waals surface area (Å²) in [6.45, 7) is 6.03. The lowest BCUT2D eigenvalue weighted by molar-refractivity contribution is -0.121. The van der Waals surface area contributed by atoms with Gasteiger partial charge in [0.1, 0.15) is 11.9 Å². The number of carbonyl (C=O) groups excluding carboxylic acids is 2. The molecular weight excluding hydrogens is 345 g/mol. The second kappa shape index (κ2) is 7.78. The van der Waals surface area contributed by atoms with Crippen LogP contribution in [0.25, 0.3) is 0 Å². The second-order valence-electron chi connectivity index (χ2n) is 7.15. The Kier molecular flexibility index (Phi) is 5.44. The van der Waals surface area contributed by atoms with E-state index in [1.165, 1.54) is 6.07 Å². The van der Waals surface area contributed by atoms with Gasteiger partial charge in [-0.3, -0.25) is 4.79 Å². The summed E-state index contributed by atoms with van der Waals surface area (Å²) in [6.07, 6.45) is 0.807. The third kappa shape index (κ3) is 4.10. The van der Waals surface area contributed by atoms with Crippen LogP contribution in [0.3, 0.4) is 0 Å². The highest BCUT2D eigenvalue weighted by molar-refractivity contribution is 6.02. The van der Waals surface area contributed by atoms with Crippen LogP contribution < -0.4 is 15.5 Å². The summed E-state index contributed by atoms with van der Waals surface area (Å²) in [5, 5.41) is 5.34. The molecule has 1 aliphatic heterocycles. The number of halogens is 1. The predicted octanol–water partition coefficient (Wildman–Crippen LogP) is 3.87. The number of aryl methyl sites for hydroxylation is 1. The van der Waals surface area contributed by atoms with Crippen LogP contribution in [0, 0.1) is 18.7 Å². The minimum Gasteiger partial charge on any atom is -0.326 e. The first-order chi connectivity index (χ1) is 12.9. The molecule has 0 saturated heterocycles. The normalized spacial score (nSPS) is 14.0. The van der Waals surface area contributed by atoms with E-state index in [0.29, 0.717) is 17.8 Å². The zero-order chi connectivity index (χ0) is 19.6. The molecule has 0 radical (unpaired) electrons. The number of hydrogen-bond acceptors (Lipinski definition) is 2. The number of nitrogens with zero attached hydrogens (tertiary/aromatic N) is 1. The maximum atomic E-state index is 13.7. The number of carbonyl (C=O) groups is 2. The molecular formula is C21H24FN3O2. The third-order valence-corrected chi connectivity index (χ3v) is 4.80. The van der Waals surface area contributed by atoms with Crippen LogP contribution in [0.15, 0.2) is 42.5 Å². The van der Waals surface area contributed by atoms with Crippen molar-refractivity contribution in [2.75, 3.05) is 16.8 Å². The standard InChI is InChI=1S/C21H24FN3O2/c1-13(2)19(20(26)25-11-10-15-6-4-5-7-18(15)25)24-21(27)23-16-9-8-14(3)17(22)12-16/h4-9,12-13,19H,10-11H2,1-3H3,(H2,23,24,27)/t19-/m0/s1. The van der Waals surface area contributed by atoms with Crippen molar-refractivity contribution in [3.63, 3.8) is 0 Å². The SMILES string of the molecule is Cc1ccc(NC(=O)N[C@H](C(=O)N2CCc3ccccc32)C(C)C)cc1F. The van der Waals surface area contributed by atoms with E-state index in [1.54, 1.807) is 24.0 Å². The van der Waals surface area contributed by atoms with Crippen molar-refractivity contribution < 1.29 is 14.0 Å². The van der Waals surface area contributed by atoms with Gasteiger partial charge in [0.15, 0.2) is 0 Å². The molecule has 0 aromatic heterocycles. The van der Waals surface area contributed by atoms with E-state index >= 15 is 0 Å². The molecule has 3 amide bonds. The molecule has 6 heteroatoms. The molecule has 1 heterocycles. The minimum absolute atomic E-state index is 0.0919. The monoisotopic (exact) mass is 369 g/mol.